The van der Waals surface area contributed by atoms with Crippen LogP contribution in [-0.2, 0) is 11.3 Å². The number of aryl methyl sites for hydroxylation is 1. The van der Waals surface area contributed by atoms with Crippen LogP contribution in [0.5, 0.6) is 5.88 Å². The molecular formula is C19H21FN2O3. The standard InChI is InChI=1S/C19H21FN2O3/c1-13-2-3-15(11-17(13)20)19(23)22-12-14-4-7-21-18(10-14)25-16-5-8-24-9-6-16/h2-4,7,10-11,16H,5-6,8-9,12H2,1H3,(H,22,23). The summed E-state index contributed by atoms with van der Waals surface area (Å²) in [6, 6.07) is 8.08. The second-order valence-electron chi connectivity index (χ2n) is 6.08. The first-order chi connectivity index (χ1) is 12.1. The van der Waals surface area contributed by atoms with Crippen LogP contribution in [-0.4, -0.2) is 30.2 Å². The van der Waals surface area contributed by atoms with Crippen molar-refractivity contribution in [3.05, 3.63) is 59.0 Å². The van der Waals surface area contributed by atoms with Crippen LogP contribution in [0.4, 0.5) is 4.39 Å². The first-order valence-electron chi connectivity index (χ1n) is 8.35. The lowest BCUT2D eigenvalue weighted by Gasteiger charge is -2.22. The van der Waals surface area contributed by atoms with Gasteiger partial charge in [0.15, 0.2) is 0 Å². The Balaban J connectivity index is 1.58. The summed E-state index contributed by atoms with van der Waals surface area (Å²) in [5.41, 5.74) is 1.69. The lowest BCUT2D eigenvalue weighted by atomic mass is 10.1. The molecule has 1 saturated heterocycles. The zero-order valence-corrected chi connectivity index (χ0v) is 14.1. The van der Waals surface area contributed by atoms with Crippen LogP contribution < -0.4 is 10.1 Å². The molecule has 1 aromatic heterocycles. The third kappa shape index (κ3) is 4.76. The number of ether oxygens (including phenoxy) is 2. The van der Waals surface area contributed by atoms with Crippen LogP contribution in [0.2, 0.25) is 0 Å². The SMILES string of the molecule is Cc1ccc(C(=O)NCc2ccnc(OC3CCOCC3)c2)cc1F. The van der Waals surface area contributed by atoms with E-state index >= 15 is 0 Å². The van der Waals surface area contributed by atoms with Crippen LogP contribution in [0.15, 0.2) is 36.5 Å². The van der Waals surface area contributed by atoms with E-state index in [4.69, 9.17) is 9.47 Å². The lowest BCUT2D eigenvalue weighted by Crippen LogP contribution is -2.26. The average Bonchev–Trinajstić information content (AvgIpc) is 2.63. The molecule has 1 aromatic carbocycles. The molecule has 1 aliphatic heterocycles. The summed E-state index contributed by atoms with van der Waals surface area (Å²) in [6.07, 6.45) is 3.46. The highest BCUT2D eigenvalue weighted by molar-refractivity contribution is 5.94. The molecule has 1 N–H and O–H groups in total. The lowest BCUT2D eigenvalue weighted by molar-refractivity contribution is 0.0237. The summed E-state index contributed by atoms with van der Waals surface area (Å²) in [6.45, 7) is 3.38. The van der Waals surface area contributed by atoms with Gasteiger partial charge in [-0.2, -0.15) is 0 Å². The van der Waals surface area contributed by atoms with Gasteiger partial charge in [0.2, 0.25) is 5.88 Å². The number of benzene rings is 1. The van der Waals surface area contributed by atoms with E-state index in [1.54, 1.807) is 25.3 Å². The smallest absolute Gasteiger partial charge is 0.251 e. The van der Waals surface area contributed by atoms with Crippen molar-refractivity contribution in [2.24, 2.45) is 0 Å². The van der Waals surface area contributed by atoms with E-state index in [-0.39, 0.29) is 17.8 Å². The maximum atomic E-state index is 13.6. The van der Waals surface area contributed by atoms with Crippen molar-refractivity contribution in [3.63, 3.8) is 0 Å². The molecule has 1 aliphatic rings. The third-order valence-corrected chi connectivity index (χ3v) is 4.14. The summed E-state index contributed by atoms with van der Waals surface area (Å²) < 4.78 is 24.7. The van der Waals surface area contributed by atoms with Gasteiger partial charge in [-0.15, -0.1) is 0 Å². The van der Waals surface area contributed by atoms with E-state index < -0.39 is 0 Å². The fourth-order valence-corrected chi connectivity index (χ4v) is 2.61. The van der Waals surface area contributed by atoms with Crippen LogP contribution in [0.25, 0.3) is 0 Å². The number of rotatable bonds is 5. The van der Waals surface area contributed by atoms with Crippen molar-refractivity contribution in [3.8, 4) is 5.88 Å². The minimum atomic E-state index is -0.385. The van der Waals surface area contributed by atoms with Crippen molar-refractivity contribution in [1.82, 2.24) is 10.3 Å². The molecule has 0 saturated carbocycles. The molecule has 2 aromatic rings. The van der Waals surface area contributed by atoms with Crippen molar-refractivity contribution in [1.29, 1.82) is 0 Å². The number of amides is 1. The zero-order chi connectivity index (χ0) is 17.6. The van der Waals surface area contributed by atoms with Gasteiger partial charge < -0.3 is 14.8 Å². The van der Waals surface area contributed by atoms with E-state index in [0.717, 1.165) is 18.4 Å². The summed E-state index contributed by atoms with van der Waals surface area (Å²) in [4.78, 5) is 16.4. The number of nitrogens with zero attached hydrogens (tertiary/aromatic N) is 1. The molecule has 132 valence electrons. The van der Waals surface area contributed by atoms with Crippen LogP contribution in [0.1, 0.15) is 34.3 Å². The first-order valence-corrected chi connectivity index (χ1v) is 8.35. The molecule has 0 bridgehead atoms. The Morgan fingerprint density at radius 3 is 2.88 bits per heavy atom. The molecule has 5 nitrogen and oxygen atoms in total. The fraction of sp³-hybridized carbons (Fsp3) is 0.368. The van der Waals surface area contributed by atoms with Crippen LogP contribution in [0.3, 0.4) is 0 Å². The Labute approximate surface area is 146 Å². The normalized spacial score (nSPS) is 15.0. The predicted molar refractivity (Wildman–Crippen MR) is 91.0 cm³/mol. The first kappa shape index (κ1) is 17.4. The minimum Gasteiger partial charge on any atom is -0.474 e. The molecular weight excluding hydrogens is 323 g/mol. The number of hydrogen-bond acceptors (Lipinski definition) is 4. The van der Waals surface area contributed by atoms with Gasteiger partial charge in [0.1, 0.15) is 11.9 Å². The Kier molecular flexibility index (Phi) is 5.60. The third-order valence-electron chi connectivity index (χ3n) is 4.14. The van der Waals surface area contributed by atoms with Gasteiger partial charge in [-0.3, -0.25) is 4.79 Å². The van der Waals surface area contributed by atoms with Gasteiger partial charge in [0, 0.05) is 37.2 Å². The maximum Gasteiger partial charge on any atom is 0.251 e. The highest BCUT2D eigenvalue weighted by atomic mass is 19.1. The topological polar surface area (TPSA) is 60.5 Å². The second kappa shape index (κ2) is 8.07. The Bertz CT molecular complexity index is 745. The number of nitrogens with one attached hydrogen (secondary N) is 1. The quantitative estimate of drug-likeness (QED) is 0.906. The van der Waals surface area contributed by atoms with Gasteiger partial charge >= 0.3 is 0 Å². The fourth-order valence-electron chi connectivity index (χ4n) is 2.61. The molecule has 0 unspecified atom stereocenters. The highest BCUT2D eigenvalue weighted by Gasteiger charge is 2.16. The molecule has 6 heteroatoms. The van der Waals surface area contributed by atoms with Crippen molar-refractivity contribution in [2.45, 2.75) is 32.4 Å². The van der Waals surface area contributed by atoms with Gasteiger partial charge in [-0.25, -0.2) is 9.37 Å². The van der Waals surface area contributed by atoms with Crippen molar-refractivity contribution >= 4 is 5.91 Å². The largest absolute Gasteiger partial charge is 0.474 e. The summed E-state index contributed by atoms with van der Waals surface area (Å²) in [7, 11) is 0. The number of hydrogen-bond donors (Lipinski definition) is 1. The Hall–Kier alpha value is -2.47. The zero-order valence-electron chi connectivity index (χ0n) is 14.1. The molecule has 0 atom stereocenters. The van der Waals surface area contributed by atoms with E-state index in [0.29, 0.717) is 36.8 Å². The minimum absolute atomic E-state index is 0.113. The number of carbonyl (C=O) groups is 1. The number of carbonyl (C=O) groups excluding carboxylic acids is 1. The van der Waals surface area contributed by atoms with Gasteiger partial charge in [0.05, 0.1) is 13.2 Å². The van der Waals surface area contributed by atoms with Gasteiger partial charge in [-0.1, -0.05) is 6.07 Å². The molecule has 3 rings (SSSR count). The Morgan fingerprint density at radius 1 is 1.32 bits per heavy atom. The second-order valence-corrected chi connectivity index (χ2v) is 6.08. The molecule has 25 heavy (non-hydrogen) atoms. The van der Waals surface area contributed by atoms with E-state index in [9.17, 15) is 9.18 Å². The van der Waals surface area contributed by atoms with Crippen molar-refractivity contribution < 1.29 is 18.7 Å². The number of pyridine rings is 1. The monoisotopic (exact) mass is 344 g/mol. The van der Waals surface area contributed by atoms with Crippen LogP contribution in [0, 0.1) is 12.7 Å². The van der Waals surface area contributed by atoms with Gasteiger partial charge in [0.25, 0.3) is 5.91 Å². The predicted octanol–water partition coefficient (Wildman–Crippen LogP) is 3.02. The van der Waals surface area contributed by atoms with E-state index in [2.05, 4.69) is 10.3 Å². The molecule has 1 amide bonds. The van der Waals surface area contributed by atoms with E-state index in [1.165, 1.54) is 6.07 Å². The highest BCUT2D eigenvalue weighted by Crippen LogP contribution is 2.17. The molecule has 1 fully saturated rings. The molecule has 2 heterocycles. The molecule has 0 aliphatic carbocycles. The maximum absolute atomic E-state index is 13.6. The molecule has 0 radical (unpaired) electrons. The van der Waals surface area contributed by atoms with Crippen molar-refractivity contribution in [2.75, 3.05) is 13.2 Å². The molecule has 0 spiro atoms. The number of aromatic nitrogens is 1. The average molecular weight is 344 g/mol. The summed E-state index contributed by atoms with van der Waals surface area (Å²) >= 11 is 0. The Morgan fingerprint density at radius 2 is 2.12 bits per heavy atom. The summed E-state index contributed by atoms with van der Waals surface area (Å²) in [5.74, 6) is -0.161. The van der Waals surface area contributed by atoms with Crippen LogP contribution >= 0.6 is 0 Å². The van der Waals surface area contributed by atoms with E-state index in [1.807, 2.05) is 12.1 Å². The number of halogens is 1. The van der Waals surface area contributed by atoms with Gasteiger partial charge in [-0.05, 0) is 36.2 Å². The summed E-state index contributed by atoms with van der Waals surface area (Å²) in [5, 5.41) is 2.78.